The zero-order chi connectivity index (χ0) is 16.0. The van der Waals surface area contributed by atoms with Gasteiger partial charge in [0, 0.05) is 14.1 Å². The first-order valence-electron chi connectivity index (χ1n) is 7.70. The van der Waals surface area contributed by atoms with Crippen LogP contribution in [0.15, 0.2) is 0 Å². The Morgan fingerprint density at radius 3 is 1.27 bits per heavy atom. The summed E-state index contributed by atoms with van der Waals surface area (Å²) in [4.78, 5) is 52.0. The van der Waals surface area contributed by atoms with Crippen molar-refractivity contribution in [3.05, 3.63) is 0 Å². The van der Waals surface area contributed by atoms with Crippen molar-refractivity contribution < 1.29 is 29.0 Å². The molecule has 4 amide bonds. The minimum Gasteiger partial charge on any atom is -0.315 e. The van der Waals surface area contributed by atoms with Gasteiger partial charge in [0.2, 0.25) is 11.8 Å². The lowest BCUT2D eigenvalue weighted by Gasteiger charge is -2.33. The predicted octanol–water partition coefficient (Wildman–Crippen LogP) is -4.72. The lowest BCUT2D eigenvalue weighted by molar-refractivity contribution is -1.02. The molecule has 3 aliphatic heterocycles. The number of quaternary nitrogens is 2. The first-order chi connectivity index (χ1) is 10.4. The normalized spacial score (nSPS) is 36.6. The molecule has 8 heteroatoms. The summed E-state index contributed by atoms with van der Waals surface area (Å²) < 4.78 is 0. The average molecular weight is 310 g/mol. The number of nitrogens with one attached hydrogen (secondary N) is 2. The van der Waals surface area contributed by atoms with Crippen molar-refractivity contribution in [2.24, 2.45) is 0 Å². The largest absolute Gasteiger partial charge is 0.315 e. The molecule has 120 valence electrons. The molecular formula is C14H22N4O4+2. The van der Waals surface area contributed by atoms with Gasteiger partial charge in [-0.25, -0.2) is 0 Å². The van der Waals surface area contributed by atoms with Gasteiger partial charge in [-0.2, -0.15) is 0 Å². The quantitative estimate of drug-likeness (QED) is 0.502. The molecular weight excluding hydrogens is 288 g/mol. The number of amides is 4. The van der Waals surface area contributed by atoms with E-state index in [-0.39, 0.29) is 48.6 Å². The molecule has 3 aliphatic rings. The van der Waals surface area contributed by atoms with E-state index in [2.05, 4.69) is 0 Å². The van der Waals surface area contributed by atoms with Gasteiger partial charge >= 0.3 is 0 Å². The lowest BCUT2D eigenvalue weighted by Crippen LogP contribution is -3.31. The number of carbonyl (C=O) groups excluding carboxylic acids is 4. The average Bonchev–Trinajstić information content (AvgIpc) is 2.92. The zero-order valence-corrected chi connectivity index (χ0v) is 12.9. The zero-order valence-electron chi connectivity index (χ0n) is 12.9. The fourth-order valence-electron chi connectivity index (χ4n) is 3.74. The van der Waals surface area contributed by atoms with Crippen LogP contribution < -0.4 is 9.80 Å². The standard InChI is InChI=1S/C14H20N4O4/c1-15-11(19)7-9(13(15)21)17-3-5-18(6-4-17)10-8-12(20)16(2)14(10)22/h9-10H,3-8H2,1-2H3/p+2/t9-,10-/m0/s1. The number of hydrogen-bond acceptors (Lipinski definition) is 4. The van der Waals surface area contributed by atoms with Crippen LogP contribution in [0.25, 0.3) is 0 Å². The van der Waals surface area contributed by atoms with E-state index >= 15 is 0 Å². The van der Waals surface area contributed by atoms with Gasteiger partial charge in [-0.1, -0.05) is 0 Å². The fourth-order valence-corrected chi connectivity index (χ4v) is 3.74. The summed E-state index contributed by atoms with van der Waals surface area (Å²) in [6, 6.07) is -0.551. The summed E-state index contributed by atoms with van der Waals surface area (Å²) >= 11 is 0. The third-order valence-electron chi connectivity index (χ3n) is 5.28. The van der Waals surface area contributed by atoms with E-state index in [9.17, 15) is 19.2 Å². The van der Waals surface area contributed by atoms with Crippen LogP contribution in [0.2, 0.25) is 0 Å². The molecule has 0 aliphatic carbocycles. The molecule has 0 bridgehead atoms. The topological polar surface area (TPSA) is 83.6 Å². The van der Waals surface area contributed by atoms with Gasteiger partial charge in [-0.05, 0) is 0 Å². The highest BCUT2D eigenvalue weighted by Gasteiger charge is 2.48. The van der Waals surface area contributed by atoms with E-state index in [1.165, 1.54) is 23.9 Å². The van der Waals surface area contributed by atoms with Gasteiger partial charge in [0.15, 0.2) is 12.1 Å². The van der Waals surface area contributed by atoms with Crippen LogP contribution in [-0.4, -0.2) is 85.8 Å². The number of imide groups is 2. The van der Waals surface area contributed by atoms with Gasteiger partial charge in [-0.15, -0.1) is 0 Å². The van der Waals surface area contributed by atoms with Crippen molar-refractivity contribution in [2.45, 2.75) is 24.9 Å². The van der Waals surface area contributed by atoms with E-state index < -0.39 is 0 Å². The number of hydrogen-bond donors (Lipinski definition) is 2. The summed E-state index contributed by atoms with van der Waals surface area (Å²) in [5, 5.41) is 0. The molecule has 22 heavy (non-hydrogen) atoms. The van der Waals surface area contributed by atoms with Crippen molar-refractivity contribution in [3.8, 4) is 0 Å². The Morgan fingerprint density at radius 1 is 0.727 bits per heavy atom. The Bertz CT molecular complexity index is 493. The SMILES string of the molecule is CN1C(=O)C[C@H]([NH+]2CC[NH+]([C@H]3CC(=O)N(C)C3=O)CC2)C1=O. The number of rotatable bonds is 2. The van der Waals surface area contributed by atoms with E-state index in [0.29, 0.717) is 0 Å². The molecule has 0 radical (unpaired) electrons. The Balaban J connectivity index is 1.60. The van der Waals surface area contributed by atoms with Crippen LogP contribution >= 0.6 is 0 Å². The van der Waals surface area contributed by atoms with Gasteiger partial charge in [0.25, 0.3) is 11.8 Å². The summed E-state index contributed by atoms with van der Waals surface area (Å²) in [7, 11) is 3.06. The first kappa shape index (κ1) is 15.1. The molecule has 0 unspecified atom stereocenters. The van der Waals surface area contributed by atoms with Crippen molar-refractivity contribution in [3.63, 3.8) is 0 Å². The van der Waals surface area contributed by atoms with Gasteiger partial charge in [0.1, 0.15) is 26.2 Å². The summed E-state index contributed by atoms with van der Waals surface area (Å²) in [6.07, 6.45) is 0.563. The molecule has 3 saturated heterocycles. The number of likely N-dealkylation sites (tertiary alicyclic amines) is 2. The molecule has 0 aromatic heterocycles. The maximum atomic E-state index is 12.1. The van der Waals surface area contributed by atoms with Crippen LogP contribution in [0.5, 0.6) is 0 Å². The first-order valence-corrected chi connectivity index (χ1v) is 7.70. The number of carbonyl (C=O) groups is 4. The van der Waals surface area contributed by atoms with Crippen molar-refractivity contribution in [2.75, 3.05) is 40.3 Å². The van der Waals surface area contributed by atoms with Crippen molar-refractivity contribution in [1.82, 2.24) is 9.80 Å². The van der Waals surface area contributed by atoms with E-state index in [4.69, 9.17) is 0 Å². The van der Waals surface area contributed by atoms with E-state index in [1.54, 1.807) is 0 Å². The third-order valence-corrected chi connectivity index (χ3v) is 5.28. The minimum absolute atomic E-state index is 0.102. The Labute approximate surface area is 128 Å². The van der Waals surface area contributed by atoms with Crippen LogP contribution in [0.4, 0.5) is 0 Å². The highest BCUT2D eigenvalue weighted by molar-refractivity contribution is 6.05. The van der Waals surface area contributed by atoms with Crippen molar-refractivity contribution >= 4 is 23.6 Å². The number of piperazine rings is 1. The second kappa shape index (κ2) is 5.44. The molecule has 8 nitrogen and oxygen atoms in total. The molecule has 0 saturated carbocycles. The second-order valence-corrected chi connectivity index (χ2v) is 6.41. The van der Waals surface area contributed by atoms with Crippen molar-refractivity contribution in [1.29, 1.82) is 0 Å². The maximum absolute atomic E-state index is 12.1. The molecule has 3 rings (SSSR count). The summed E-state index contributed by atoms with van der Waals surface area (Å²) in [5.41, 5.74) is 0. The minimum atomic E-state index is -0.275. The molecule has 0 aromatic rings. The summed E-state index contributed by atoms with van der Waals surface area (Å²) in [6.45, 7) is 2.98. The third kappa shape index (κ3) is 2.32. The molecule has 3 fully saturated rings. The number of likely N-dealkylation sites (N-methyl/N-ethyl adjacent to an activating group) is 2. The molecule has 3 heterocycles. The van der Waals surface area contributed by atoms with E-state index in [1.807, 2.05) is 0 Å². The molecule has 0 spiro atoms. The van der Waals surface area contributed by atoms with Gasteiger partial charge < -0.3 is 9.80 Å². The maximum Gasteiger partial charge on any atom is 0.287 e. The predicted molar refractivity (Wildman–Crippen MR) is 73.8 cm³/mol. The van der Waals surface area contributed by atoms with Crippen LogP contribution in [0, 0.1) is 0 Å². The Kier molecular flexibility index (Phi) is 3.73. The number of nitrogens with zero attached hydrogens (tertiary/aromatic N) is 2. The lowest BCUT2D eigenvalue weighted by atomic mass is 10.1. The Morgan fingerprint density at radius 2 is 1.05 bits per heavy atom. The molecule has 0 aromatic carbocycles. The summed E-state index contributed by atoms with van der Waals surface area (Å²) in [5.74, 6) is -0.434. The highest BCUT2D eigenvalue weighted by Crippen LogP contribution is 2.09. The molecule has 2 atom stereocenters. The van der Waals surface area contributed by atoms with E-state index in [0.717, 1.165) is 36.0 Å². The second-order valence-electron chi connectivity index (χ2n) is 6.41. The highest BCUT2D eigenvalue weighted by atomic mass is 16.2. The van der Waals surface area contributed by atoms with Gasteiger partial charge in [-0.3, -0.25) is 29.0 Å². The fraction of sp³-hybridized carbons (Fsp3) is 0.714. The van der Waals surface area contributed by atoms with Crippen LogP contribution in [0.3, 0.4) is 0 Å². The van der Waals surface area contributed by atoms with Gasteiger partial charge in [0.05, 0.1) is 12.8 Å². The van der Waals surface area contributed by atoms with Crippen LogP contribution in [0.1, 0.15) is 12.8 Å². The van der Waals surface area contributed by atoms with Crippen LogP contribution in [-0.2, 0) is 19.2 Å². The smallest absolute Gasteiger partial charge is 0.287 e. The molecule has 2 N–H and O–H groups in total. The Hall–Kier alpha value is -1.80. The monoisotopic (exact) mass is 310 g/mol.